The molecule has 1 aromatic carbocycles. The van der Waals surface area contributed by atoms with E-state index >= 15 is 0 Å². The largest absolute Gasteiger partial charge is 0.348 e. The van der Waals surface area contributed by atoms with Crippen LogP contribution in [0.3, 0.4) is 0 Å². The number of rotatable bonds is 4. The molecule has 0 saturated heterocycles. The molecule has 0 spiro atoms. The molecule has 0 aliphatic carbocycles. The standard InChI is InChI=1S/C15H13N5O4/c1-9-6-13(21)19-14(18-9)11(8-17-19)15(22)16-7-10-4-2-3-5-12(10)20(23)24/h2-6,8,17H,7H2,1H3,(H,16,22). The predicted octanol–water partition coefficient (Wildman–Crippen LogP) is 1.17. The van der Waals surface area contributed by atoms with Gasteiger partial charge < -0.3 is 5.32 Å². The van der Waals surface area contributed by atoms with Crippen molar-refractivity contribution in [3.05, 3.63) is 73.8 Å². The summed E-state index contributed by atoms with van der Waals surface area (Å²) in [5, 5.41) is 16.3. The number of aromatic nitrogens is 3. The number of H-pyrrole nitrogens is 1. The zero-order valence-corrected chi connectivity index (χ0v) is 12.6. The first kappa shape index (κ1) is 15.4. The van der Waals surface area contributed by atoms with Gasteiger partial charge in [0.1, 0.15) is 5.56 Å². The molecule has 9 nitrogen and oxygen atoms in total. The van der Waals surface area contributed by atoms with Crippen molar-refractivity contribution in [3.63, 3.8) is 0 Å². The monoisotopic (exact) mass is 327 g/mol. The first-order valence-corrected chi connectivity index (χ1v) is 7.05. The molecule has 2 heterocycles. The number of nitrogens with one attached hydrogen (secondary N) is 2. The van der Waals surface area contributed by atoms with Crippen molar-refractivity contribution < 1.29 is 9.72 Å². The topological polar surface area (TPSA) is 122 Å². The Morgan fingerprint density at radius 2 is 2.17 bits per heavy atom. The van der Waals surface area contributed by atoms with E-state index in [0.29, 0.717) is 11.3 Å². The van der Waals surface area contributed by atoms with Gasteiger partial charge >= 0.3 is 0 Å². The molecule has 9 heteroatoms. The van der Waals surface area contributed by atoms with Gasteiger partial charge in [-0.2, -0.15) is 0 Å². The van der Waals surface area contributed by atoms with E-state index in [0.717, 1.165) is 4.52 Å². The zero-order valence-electron chi connectivity index (χ0n) is 12.6. The number of para-hydroxylation sites is 1. The first-order valence-electron chi connectivity index (χ1n) is 7.05. The van der Waals surface area contributed by atoms with E-state index in [1.165, 1.54) is 18.3 Å². The summed E-state index contributed by atoms with van der Waals surface area (Å²) in [5.74, 6) is -0.482. The third kappa shape index (κ3) is 2.74. The highest BCUT2D eigenvalue weighted by molar-refractivity contribution is 5.99. The SMILES string of the molecule is Cc1cc(=O)n2[nH]cc(C(=O)NCc3ccccc3[N+](=O)[O-])c2n1. The highest BCUT2D eigenvalue weighted by atomic mass is 16.6. The van der Waals surface area contributed by atoms with E-state index in [4.69, 9.17) is 0 Å². The van der Waals surface area contributed by atoms with E-state index in [1.54, 1.807) is 25.1 Å². The highest BCUT2D eigenvalue weighted by Crippen LogP contribution is 2.17. The van der Waals surface area contributed by atoms with Gasteiger partial charge in [-0.05, 0) is 6.92 Å². The fourth-order valence-corrected chi connectivity index (χ4v) is 2.37. The van der Waals surface area contributed by atoms with E-state index < -0.39 is 10.8 Å². The van der Waals surface area contributed by atoms with Gasteiger partial charge in [0.05, 0.1) is 4.92 Å². The molecule has 24 heavy (non-hydrogen) atoms. The van der Waals surface area contributed by atoms with Crippen molar-refractivity contribution in [1.29, 1.82) is 0 Å². The van der Waals surface area contributed by atoms with Crippen LogP contribution in [-0.2, 0) is 6.54 Å². The third-order valence-corrected chi connectivity index (χ3v) is 3.50. The van der Waals surface area contributed by atoms with Crippen LogP contribution in [0.15, 0.2) is 41.3 Å². The lowest BCUT2D eigenvalue weighted by Gasteiger charge is -2.05. The quantitative estimate of drug-likeness (QED) is 0.550. The summed E-state index contributed by atoms with van der Waals surface area (Å²) in [4.78, 5) is 38.8. The molecule has 0 aliphatic rings. The lowest BCUT2D eigenvalue weighted by Crippen LogP contribution is -2.24. The fourth-order valence-electron chi connectivity index (χ4n) is 2.37. The Morgan fingerprint density at radius 3 is 2.92 bits per heavy atom. The van der Waals surface area contributed by atoms with Crippen LogP contribution in [0.5, 0.6) is 0 Å². The maximum Gasteiger partial charge on any atom is 0.274 e. The highest BCUT2D eigenvalue weighted by Gasteiger charge is 2.17. The Balaban J connectivity index is 1.87. The van der Waals surface area contributed by atoms with Crippen LogP contribution in [0.1, 0.15) is 21.6 Å². The molecule has 2 N–H and O–H groups in total. The number of nitrogens with zero attached hydrogens (tertiary/aromatic N) is 3. The van der Waals surface area contributed by atoms with Crippen LogP contribution in [-0.4, -0.2) is 25.4 Å². The Morgan fingerprint density at radius 1 is 1.42 bits per heavy atom. The van der Waals surface area contributed by atoms with Gasteiger partial charge in [0.15, 0.2) is 5.65 Å². The minimum atomic E-state index is -0.502. The number of benzene rings is 1. The molecule has 3 aromatic rings. The van der Waals surface area contributed by atoms with E-state index in [2.05, 4.69) is 15.4 Å². The maximum absolute atomic E-state index is 12.3. The minimum absolute atomic E-state index is 0.0105. The second kappa shape index (κ2) is 5.95. The van der Waals surface area contributed by atoms with Gasteiger partial charge in [-0.1, -0.05) is 18.2 Å². The van der Waals surface area contributed by atoms with Crippen molar-refractivity contribution in [2.75, 3.05) is 0 Å². The molecule has 0 bridgehead atoms. The Bertz CT molecular complexity index is 1000. The predicted molar refractivity (Wildman–Crippen MR) is 84.8 cm³/mol. The van der Waals surface area contributed by atoms with Crippen LogP contribution in [0, 0.1) is 17.0 Å². The summed E-state index contributed by atoms with van der Waals surface area (Å²) in [5.41, 5.74) is 0.885. The van der Waals surface area contributed by atoms with Crippen LogP contribution < -0.4 is 10.9 Å². The lowest BCUT2D eigenvalue weighted by molar-refractivity contribution is -0.385. The number of amides is 1. The number of nitro benzene ring substituents is 1. The Kier molecular flexibility index (Phi) is 3.82. The number of aromatic amines is 1. The molecule has 3 rings (SSSR count). The lowest BCUT2D eigenvalue weighted by atomic mass is 10.2. The normalized spacial score (nSPS) is 10.7. The smallest absolute Gasteiger partial charge is 0.274 e. The molecule has 122 valence electrons. The van der Waals surface area contributed by atoms with Crippen molar-refractivity contribution in [3.8, 4) is 0 Å². The second-order valence-electron chi connectivity index (χ2n) is 5.15. The average molecular weight is 327 g/mol. The molecule has 0 fully saturated rings. The maximum atomic E-state index is 12.3. The van der Waals surface area contributed by atoms with Gasteiger partial charge in [0, 0.05) is 36.1 Å². The molecule has 0 unspecified atom stereocenters. The summed E-state index contributed by atoms with van der Waals surface area (Å²) in [6.45, 7) is 1.65. The van der Waals surface area contributed by atoms with Crippen molar-refractivity contribution >= 4 is 17.2 Å². The summed E-state index contributed by atoms with van der Waals surface area (Å²) >= 11 is 0. The number of carbonyl (C=O) groups is 1. The van der Waals surface area contributed by atoms with Crippen LogP contribution in [0.4, 0.5) is 5.69 Å². The summed E-state index contributed by atoms with van der Waals surface area (Å²) in [6.07, 6.45) is 1.37. The third-order valence-electron chi connectivity index (χ3n) is 3.50. The number of fused-ring (bicyclic) bond motifs is 1. The van der Waals surface area contributed by atoms with E-state index in [9.17, 15) is 19.7 Å². The number of hydrogen-bond acceptors (Lipinski definition) is 5. The zero-order chi connectivity index (χ0) is 17.3. The molecule has 0 radical (unpaired) electrons. The first-order chi connectivity index (χ1) is 11.5. The molecule has 2 aromatic heterocycles. The van der Waals surface area contributed by atoms with Gasteiger partial charge in [-0.15, -0.1) is 0 Å². The molecule has 0 aliphatic heterocycles. The number of nitro groups is 1. The summed E-state index contributed by atoms with van der Waals surface area (Å²) in [6, 6.07) is 7.50. The van der Waals surface area contributed by atoms with Crippen LogP contribution in [0.25, 0.3) is 5.65 Å². The van der Waals surface area contributed by atoms with E-state index in [-0.39, 0.29) is 29.0 Å². The van der Waals surface area contributed by atoms with E-state index in [1.807, 2.05) is 0 Å². The number of hydrogen-bond donors (Lipinski definition) is 2. The average Bonchev–Trinajstić information content (AvgIpc) is 2.97. The minimum Gasteiger partial charge on any atom is -0.348 e. The fraction of sp³-hybridized carbons (Fsp3) is 0.133. The summed E-state index contributed by atoms with van der Waals surface area (Å²) in [7, 11) is 0. The molecular weight excluding hydrogens is 314 g/mol. The molecule has 1 amide bonds. The Hall–Kier alpha value is -3.49. The van der Waals surface area contributed by atoms with Gasteiger partial charge in [0.2, 0.25) is 0 Å². The van der Waals surface area contributed by atoms with Crippen LogP contribution in [0.2, 0.25) is 0 Å². The van der Waals surface area contributed by atoms with Gasteiger partial charge in [-0.25, -0.2) is 9.50 Å². The Labute approximate surface area is 135 Å². The van der Waals surface area contributed by atoms with Crippen molar-refractivity contribution in [1.82, 2.24) is 19.9 Å². The van der Waals surface area contributed by atoms with Crippen LogP contribution >= 0.6 is 0 Å². The van der Waals surface area contributed by atoms with Gasteiger partial charge in [0.25, 0.3) is 17.2 Å². The second-order valence-corrected chi connectivity index (χ2v) is 5.15. The van der Waals surface area contributed by atoms with Crippen molar-refractivity contribution in [2.24, 2.45) is 0 Å². The summed E-state index contributed by atoms with van der Waals surface area (Å²) < 4.78 is 1.16. The number of aryl methyl sites for hydroxylation is 1. The molecule has 0 saturated carbocycles. The molecular formula is C15H13N5O4. The number of carbonyl (C=O) groups excluding carboxylic acids is 1. The van der Waals surface area contributed by atoms with Crippen molar-refractivity contribution in [2.45, 2.75) is 13.5 Å². The van der Waals surface area contributed by atoms with Gasteiger partial charge in [-0.3, -0.25) is 24.8 Å². The molecule has 0 atom stereocenters.